The van der Waals surface area contributed by atoms with Gasteiger partial charge in [-0.05, 0) is 53.4 Å². The van der Waals surface area contributed by atoms with E-state index in [9.17, 15) is 0 Å². The van der Waals surface area contributed by atoms with Gasteiger partial charge in [-0.1, -0.05) is 54.7 Å². The quantitative estimate of drug-likeness (QED) is 0.346. The van der Waals surface area contributed by atoms with E-state index in [1.807, 2.05) is 0 Å². The monoisotopic (exact) mass is 234 g/mol. The third kappa shape index (κ3) is 11.5. The van der Waals surface area contributed by atoms with E-state index >= 15 is 0 Å². The minimum absolute atomic E-state index is 1.13. The Labute approximate surface area is 109 Å². The van der Waals surface area contributed by atoms with Crippen LogP contribution < -0.4 is 0 Å². The summed E-state index contributed by atoms with van der Waals surface area (Å²) in [4.78, 5) is 0. The van der Waals surface area contributed by atoms with E-state index in [2.05, 4.69) is 52.8 Å². The minimum Gasteiger partial charge on any atom is -0.0856 e. The topological polar surface area (TPSA) is 0 Å². The van der Waals surface area contributed by atoms with Crippen LogP contribution in [0.25, 0.3) is 0 Å². The molecule has 17 heavy (non-hydrogen) atoms. The average molecular weight is 234 g/mol. The van der Waals surface area contributed by atoms with E-state index in [-0.39, 0.29) is 0 Å². The van der Waals surface area contributed by atoms with Gasteiger partial charge < -0.3 is 0 Å². The molecule has 0 rings (SSSR count). The molecule has 0 radical (unpaired) electrons. The van der Waals surface area contributed by atoms with Crippen molar-refractivity contribution in [3.05, 3.63) is 34.9 Å². The Balaban J connectivity index is 3.89. The fraction of sp³-hybridized carbons (Fsp3) is 0.647. The summed E-state index contributed by atoms with van der Waals surface area (Å²) in [5.74, 6) is 0. The van der Waals surface area contributed by atoms with Gasteiger partial charge in [0.15, 0.2) is 0 Å². The third-order valence-corrected chi connectivity index (χ3v) is 2.91. The van der Waals surface area contributed by atoms with Crippen molar-refractivity contribution < 1.29 is 0 Å². The maximum atomic E-state index is 2.39. The molecular formula is C17H30. The molecule has 0 aliphatic rings. The predicted molar refractivity (Wildman–Crippen MR) is 80.3 cm³/mol. The van der Waals surface area contributed by atoms with Gasteiger partial charge in [0.2, 0.25) is 0 Å². The summed E-state index contributed by atoms with van der Waals surface area (Å²) in [6, 6.07) is 0. The molecular weight excluding hydrogens is 204 g/mol. The van der Waals surface area contributed by atoms with Crippen molar-refractivity contribution in [2.24, 2.45) is 0 Å². The molecule has 0 bridgehead atoms. The Morgan fingerprint density at radius 3 is 2.12 bits per heavy atom. The van der Waals surface area contributed by atoms with E-state index in [4.69, 9.17) is 0 Å². The molecule has 0 fully saturated rings. The van der Waals surface area contributed by atoms with Gasteiger partial charge in [-0.2, -0.15) is 0 Å². The molecule has 0 heterocycles. The van der Waals surface area contributed by atoms with Crippen LogP contribution in [-0.4, -0.2) is 0 Å². The zero-order chi connectivity index (χ0) is 13.1. The molecule has 0 aliphatic carbocycles. The second kappa shape index (κ2) is 10.4. The standard InChI is InChI=1S/C17H30/c1-6-7-8-11-16(4)13-14-17(5)12-9-10-15(2)3/h10-11,14H,6-9,12-13H2,1-5H3/b16-11+,17-14+. The Morgan fingerprint density at radius 2 is 1.53 bits per heavy atom. The summed E-state index contributed by atoms with van der Waals surface area (Å²) in [5, 5.41) is 0. The average Bonchev–Trinajstić information content (AvgIpc) is 2.26. The summed E-state index contributed by atoms with van der Waals surface area (Å²) < 4.78 is 0. The van der Waals surface area contributed by atoms with E-state index in [1.54, 1.807) is 0 Å². The van der Waals surface area contributed by atoms with Crippen LogP contribution in [-0.2, 0) is 0 Å². The van der Waals surface area contributed by atoms with Crippen LogP contribution >= 0.6 is 0 Å². The molecule has 98 valence electrons. The van der Waals surface area contributed by atoms with Crippen molar-refractivity contribution in [3.63, 3.8) is 0 Å². The van der Waals surface area contributed by atoms with Gasteiger partial charge in [-0.3, -0.25) is 0 Å². The first kappa shape index (κ1) is 16.2. The van der Waals surface area contributed by atoms with E-state index in [0.29, 0.717) is 0 Å². The van der Waals surface area contributed by atoms with Gasteiger partial charge >= 0.3 is 0 Å². The van der Waals surface area contributed by atoms with Crippen LogP contribution in [0.15, 0.2) is 34.9 Å². The van der Waals surface area contributed by atoms with Gasteiger partial charge in [-0.25, -0.2) is 0 Å². The number of hydrogen-bond acceptors (Lipinski definition) is 0. The summed E-state index contributed by atoms with van der Waals surface area (Å²) in [5.41, 5.74) is 4.46. The van der Waals surface area contributed by atoms with E-state index < -0.39 is 0 Å². The maximum Gasteiger partial charge on any atom is -0.0139 e. The summed E-state index contributed by atoms with van der Waals surface area (Å²) in [7, 11) is 0. The number of unbranched alkanes of at least 4 members (excludes halogenated alkanes) is 2. The van der Waals surface area contributed by atoms with Crippen molar-refractivity contribution >= 4 is 0 Å². The lowest BCUT2D eigenvalue weighted by Crippen LogP contribution is -1.80. The number of allylic oxidation sites excluding steroid dienone is 6. The van der Waals surface area contributed by atoms with Crippen LogP contribution in [0, 0.1) is 0 Å². The molecule has 0 atom stereocenters. The molecule has 0 spiro atoms. The summed E-state index contributed by atoms with van der Waals surface area (Å²) in [6.45, 7) is 11.1. The first-order chi connectivity index (χ1) is 8.06. The number of rotatable bonds is 8. The highest BCUT2D eigenvalue weighted by atomic mass is 14.0. The molecule has 0 nitrogen and oxygen atoms in total. The normalized spacial score (nSPS) is 12.8. The zero-order valence-electron chi connectivity index (χ0n) is 12.5. The second-order valence-electron chi connectivity index (χ2n) is 5.27. The molecule has 0 aromatic heterocycles. The molecule has 0 aliphatic heterocycles. The third-order valence-electron chi connectivity index (χ3n) is 2.91. The van der Waals surface area contributed by atoms with Crippen LogP contribution in [0.2, 0.25) is 0 Å². The van der Waals surface area contributed by atoms with Crippen molar-refractivity contribution in [1.82, 2.24) is 0 Å². The van der Waals surface area contributed by atoms with Crippen molar-refractivity contribution in [3.8, 4) is 0 Å². The van der Waals surface area contributed by atoms with Crippen molar-refractivity contribution in [2.45, 2.75) is 73.1 Å². The SMILES string of the molecule is CCCC/C=C(\C)C/C=C(\C)CCC=C(C)C. The Kier molecular flexibility index (Phi) is 9.90. The van der Waals surface area contributed by atoms with Crippen LogP contribution in [0.1, 0.15) is 73.1 Å². The first-order valence-corrected chi connectivity index (χ1v) is 7.00. The van der Waals surface area contributed by atoms with Gasteiger partial charge in [-0.15, -0.1) is 0 Å². The van der Waals surface area contributed by atoms with Gasteiger partial charge in [0.25, 0.3) is 0 Å². The maximum absolute atomic E-state index is 2.39. The minimum atomic E-state index is 1.13. The smallest absolute Gasteiger partial charge is 0.0139 e. The highest BCUT2D eigenvalue weighted by molar-refractivity contribution is 5.09. The lowest BCUT2D eigenvalue weighted by molar-refractivity contribution is 0.809. The fourth-order valence-electron chi connectivity index (χ4n) is 1.66. The highest BCUT2D eigenvalue weighted by Gasteiger charge is 1.91. The predicted octanol–water partition coefficient (Wildman–Crippen LogP) is 6.21. The molecule has 0 heteroatoms. The largest absolute Gasteiger partial charge is 0.0856 e. The molecule has 0 aromatic carbocycles. The molecule has 0 N–H and O–H groups in total. The van der Waals surface area contributed by atoms with Crippen LogP contribution in [0.5, 0.6) is 0 Å². The molecule has 0 aromatic rings. The van der Waals surface area contributed by atoms with E-state index in [0.717, 1.165) is 6.42 Å². The zero-order valence-corrected chi connectivity index (χ0v) is 12.5. The molecule has 0 amide bonds. The van der Waals surface area contributed by atoms with Gasteiger partial charge in [0, 0.05) is 0 Å². The Morgan fingerprint density at radius 1 is 0.824 bits per heavy atom. The highest BCUT2D eigenvalue weighted by Crippen LogP contribution is 2.11. The van der Waals surface area contributed by atoms with Crippen LogP contribution in [0.4, 0.5) is 0 Å². The van der Waals surface area contributed by atoms with Crippen LogP contribution in [0.3, 0.4) is 0 Å². The van der Waals surface area contributed by atoms with Gasteiger partial charge in [0.1, 0.15) is 0 Å². The number of hydrogen-bond donors (Lipinski definition) is 0. The second-order valence-corrected chi connectivity index (χ2v) is 5.27. The lowest BCUT2D eigenvalue weighted by atomic mass is 10.1. The lowest BCUT2D eigenvalue weighted by Gasteiger charge is -2.01. The van der Waals surface area contributed by atoms with Crippen molar-refractivity contribution in [1.29, 1.82) is 0 Å². The molecule has 0 unspecified atom stereocenters. The first-order valence-electron chi connectivity index (χ1n) is 7.00. The molecule has 0 saturated heterocycles. The summed E-state index contributed by atoms with van der Waals surface area (Å²) in [6.07, 6.45) is 14.5. The van der Waals surface area contributed by atoms with E-state index in [1.165, 1.54) is 48.8 Å². The fourth-order valence-corrected chi connectivity index (χ4v) is 1.66. The van der Waals surface area contributed by atoms with Gasteiger partial charge in [0.05, 0.1) is 0 Å². The Bertz CT molecular complexity index is 272. The molecule has 0 saturated carbocycles. The summed E-state index contributed by atoms with van der Waals surface area (Å²) >= 11 is 0. The van der Waals surface area contributed by atoms with Crippen molar-refractivity contribution in [2.75, 3.05) is 0 Å². The Hall–Kier alpha value is -0.780.